The summed E-state index contributed by atoms with van der Waals surface area (Å²) in [6, 6.07) is 1.85. The molecule has 0 aromatic carbocycles. The Balaban J connectivity index is 1.82. The van der Waals surface area contributed by atoms with Crippen molar-refractivity contribution in [1.29, 1.82) is 0 Å². The minimum absolute atomic E-state index is 0.0735. The predicted octanol–water partition coefficient (Wildman–Crippen LogP) is 2.75. The van der Waals surface area contributed by atoms with Gasteiger partial charge in [0.1, 0.15) is 0 Å². The molecular weight excluding hydrogens is 250 g/mol. The van der Waals surface area contributed by atoms with E-state index in [-0.39, 0.29) is 5.91 Å². The molecule has 1 amide bonds. The second kappa shape index (κ2) is 4.61. The first-order valence-electron chi connectivity index (χ1n) is 6.15. The highest BCUT2D eigenvalue weighted by atomic mass is 35.5. The Kier molecular flexibility index (Phi) is 2.96. The summed E-state index contributed by atoms with van der Waals surface area (Å²) in [6.07, 6.45) is 7.03. The van der Waals surface area contributed by atoms with Gasteiger partial charge in [-0.25, -0.2) is 4.98 Å². The number of carbonyl (C=O) groups excluding carboxylic acids is 1. The highest BCUT2D eigenvalue weighted by Crippen LogP contribution is 2.26. The van der Waals surface area contributed by atoms with Gasteiger partial charge in [0.2, 0.25) is 0 Å². The Morgan fingerprint density at radius 1 is 1.56 bits per heavy atom. The van der Waals surface area contributed by atoms with E-state index >= 15 is 0 Å². The fraction of sp³-hybridized carbons (Fsp3) is 0.385. The number of H-pyrrole nitrogens is 1. The van der Waals surface area contributed by atoms with Crippen molar-refractivity contribution in [3.8, 4) is 0 Å². The Hall–Kier alpha value is -1.55. The van der Waals surface area contributed by atoms with E-state index in [4.69, 9.17) is 11.6 Å². The van der Waals surface area contributed by atoms with Crippen LogP contribution in [0.4, 0.5) is 0 Å². The monoisotopic (exact) mass is 263 g/mol. The van der Waals surface area contributed by atoms with Gasteiger partial charge < -0.3 is 10.3 Å². The zero-order valence-corrected chi connectivity index (χ0v) is 10.6. The molecule has 4 nitrogen and oxygen atoms in total. The molecule has 0 aliphatic heterocycles. The number of pyridine rings is 1. The van der Waals surface area contributed by atoms with Gasteiger partial charge in [0.05, 0.1) is 11.1 Å². The number of hydrogen-bond donors (Lipinski definition) is 2. The SMILES string of the molecule is O=C(NCC1CCC1)c1cnc(Cl)c2[nH]ccc12. The van der Waals surface area contributed by atoms with E-state index in [0.717, 1.165) is 11.9 Å². The van der Waals surface area contributed by atoms with Crippen molar-refractivity contribution >= 4 is 28.4 Å². The smallest absolute Gasteiger partial charge is 0.253 e. The van der Waals surface area contributed by atoms with Crippen molar-refractivity contribution < 1.29 is 4.79 Å². The number of rotatable bonds is 3. The zero-order valence-electron chi connectivity index (χ0n) is 9.87. The van der Waals surface area contributed by atoms with Crippen molar-refractivity contribution in [1.82, 2.24) is 15.3 Å². The largest absolute Gasteiger partial charge is 0.359 e. The van der Waals surface area contributed by atoms with Crippen LogP contribution in [0, 0.1) is 5.92 Å². The quantitative estimate of drug-likeness (QED) is 0.837. The summed E-state index contributed by atoms with van der Waals surface area (Å²) >= 11 is 5.96. The highest BCUT2D eigenvalue weighted by molar-refractivity contribution is 6.34. The first-order valence-corrected chi connectivity index (χ1v) is 6.53. The maximum atomic E-state index is 12.1. The summed E-state index contributed by atoms with van der Waals surface area (Å²) in [5, 5.41) is 4.18. The van der Waals surface area contributed by atoms with Gasteiger partial charge in [0.15, 0.2) is 5.15 Å². The fourth-order valence-electron chi connectivity index (χ4n) is 2.23. The van der Waals surface area contributed by atoms with Gasteiger partial charge >= 0.3 is 0 Å². The van der Waals surface area contributed by atoms with E-state index in [2.05, 4.69) is 15.3 Å². The van der Waals surface area contributed by atoms with E-state index in [1.165, 1.54) is 25.5 Å². The van der Waals surface area contributed by atoms with Crippen LogP contribution in [0.1, 0.15) is 29.6 Å². The average molecular weight is 264 g/mol. The molecule has 3 rings (SSSR count). The molecule has 1 saturated carbocycles. The number of fused-ring (bicyclic) bond motifs is 1. The second-order valence-electron chi connectivity index (χ2n) is 4.74. The molecule has 2 aromatic heterocycles. The molecule has 2 aromatic rings. The fourth-order valence-corrected chi connectivity index (χ4v) is 2.44. The molecule has 0 atom stereocenters. The predicted molar refractivity (Wildman–Crippen MR) is 70.8 cm³/mol. The third-order valence-corrected chi connectivity index (χ3v) is 3.86. The van der Waals surface area contributed by atoms with E-state index in [1.807, 2.05) is 6.07 Å². The third-order valence-electron chi connectivity index (χ3n) is 3.57. The Morgan fingerprint density at radius 3 is 3.11 bits per heavy atom. The number of hydrogen-bond acceptors (Lipinski definition) is 2. The van der Waals surface area contributed by atoms with Crippen molar-refractivity contribution in [2.75, 3.05) is 6.54 Å². The van der Waals surface area contributed by atoms with Crippen LogP contribution in [-0.2, 0) is 0 Å². The van der Waals surface area contributed by atoms with Crippen LogP contribution in [0.25, 0.3) is 10.9 Å². The number of aromatic nitrogens is 2. The summed E-state index contributed by atoms with van der Waals surface area (Å²) < 4.78 is 0. The molecule has 1 aliphatic rings. The van der Waals surface area contributed by atoms with Gasteiger partial charge in [-0.15, -0.1) is 0 Å². The van der Waals surface area contributed by atoms with Crippen LogP contribution in [0.2, 0.25) is 5.15 Å². The van der Waals surface area contributed by atoms with Gasteiger partial charge in [-0.1, -0.05) is 18.0 Å². The first kappa shape index (κ1) is 11.5. The average Bonchev–Trinajstić information content (AvgIpc) is 2.77. The maximum Gasteiger partial charge on any atom is 0.253 e. The Bertz CT molecular complexity index is 589. The van der Waals surface area contributed by atoms with Crippen LogP contribution in [-0.4, -0.2) is 22.4 Å². The van der Waals surface area contributed by atoms with Crippen LogP contribution in [0.3, 0.4) is 0 Å². The number of aromatic amines is 1. The van der Waals surface area contributed by atoms with Crippen LogP contribution < -0.4 is 5.32 Å². The van der Waals surface area contributed by atoms with Crippen molar-refractivity contribution in [2.24, 2.45) is 5.92 Å². The second-order valence-corrected chi connectivity index (χ2v) is 5.09. The van der Waals surface area contributed by atoms with Crippen LogP contribution in [0.5, 0.6) is 0 Å². The van der Waals surface area contributed by atoms with Crippen LogP contribution in [0.15, 0.2) is 18.5 Å². The van der Waals surface area contributed by atoms with Gasteiger partial charge in [-0.3, -0.25) is 4.79 Å². The van der Waals surface area contributed by atoms with Gasteiger partial charge in [0.25, 0.3) is 5.91 Å². The van der Waals surface area contributed by atoms with Crippen molar-refractivity contribution in [3.63, 3.8) is 0 Å². The molecule has 0 bridgehead atoms. The first-order chi connectivity index (χ1) is 8.75. The van der Waals surface area contributed by atoms with Gasteiger partial charge in [-0.05, 0) is 24.8 Å². The Morgan fingerprint density at radius 2 is 2.39 bits per heavy atom. The number of nitrogens with zero attached hydrogens (tertiary/aromatic N) is 1. The molecule has 2 heterocycles. The lowest BCUT2D eigenvalue weighted by Crippen LogP contribution is -2.32. The molecule has 0 radical (unpaired) electrons. The van der Waals surface area contributed by atoms with Gasteiger partial charge in [-0.2, -0.15) is 0 Å². The normalized spacial score (nSPS) is 15.6. The molecule has 1 aliphatic carbocycles. The van der Waals surface area contributed by atoms with E-state index < -0.39 is 0 Å². The third kappa shape index (κ3) is 1.97. The van der Waals surface area contributed by atoms with E-state index in [0.29, 0.717) is 22.2 Å². The molecule has 5 heteroatoms. The maximum absolute atomic E-state index is 12.1. The summed E-state index contributed by atoms with van der Waals surface area (Å²) in [6.45, 7) is 0.757. The lowest BCUT2D eigenvalue weighted by Gasteiger charge is -2.25. The lowest BCUT2D eigenvalue weighted by atomic mass is 9.85. The van der Waals surface area contributed by atoms with Crippen molar-refractivity contribution in [3.05, 3.63) is 29.2 Å². The lowest BCUT2D eigenvalue weighted by molar-refractivity contribution is 0.0940. The number of nitrogens with one attached hydrogen (secondary N) is 2. The summed E-state index contributed by atoms with van der Waals surface area (Å²) in [4.78, 5) is 19.1. The molecule has 0 unspecified atom stereocenters. The summed E-state index contributed by atoms with van der Waals surface area (Å²) in [7, 11) is 0. The Labute approximate surface area is 110 Å². The van der Waals surface area contributed by atoms with Gasteiger partial charge in [0, 0.05) is 24.3 Å². The molecule has 0 spiro atoms. The number of halogens is 1. The number of carbonyl (C=O) groups is 1. The minimum Gasteiger partial charge on any atom is -0.359 e. The van der Waals surface area contributed by atoms with E-state index in [1.54, 1.807) is 6.20 Å². The van der Waals surface area contributed by atoms with Crippen molar-refractivity contribution in [2.45, 2.75) is 19.3 Å². The topological polar surface area (TPSA) is 57.8 Å². The molecular formula is C13H14ClN3O. The minimum atomic E-state index is -0.0735. The summed E-state index contributed by atoms with van der Waals surface area (Å²) in [5.41, 5.74) is 1.29. The zero-order chi connectivity index (χ0) is 12.5. The summed E-state index contributed by atoms with van der Waals surface area (Å²) in [5.74, 6) is 0.576. The molecule has 2 N–H and O–H groups in total. The standard InChI is InChI=1S/C13H14ClN3O/c14-12-11-9(4-5-15-11)10(7-16-12)13(18)17-6-8-2-1-3-8/h4-5,7-8,15H,1-3,6H2,(H,17,18). The molecule has 0 saturated heterocycles. The number of amides is 1. The van der Waals surface area contributed by atoms with Crippen LogP contribution >= 0.6 is 11.6 Å². The van der Waals surface area contributed by atoms with E-state index in [9.17, 15) is 4.79 Å². The molecule has 1 fully saturated rings. The highest BCUT2D eigenvalue weighted by Gasteiger charge is 2.19. The molecule has 94 valence electrons. The molecule has 18 heavy (non-hydrogen) atoms.